The fraction of sp³-hybridized carbons (Fsp3) is 0.154. The molecule has 2 rings (SSSR count). The van der Waals surface area contributed by atoms with E-state index in [9.17, 15) is 4.79 Å². The molecular formula is C13H11BrN4O4. The summed E-state index contributed by atoms with van der Waals surface area (Å²) in [5.74, 6) is -0.275. The van der Waals surface area contributed by atoms with Crippen LogP contribution in [0.15, 0.2) is 29.0 Å². The van der Waals surface area contributed by atoms with Crippen LogP contribution in [0.4, 0.5) is 0 Å². The number of terminal acetylenes is 1. The van der Waals surface area contributed by atoms with Crippen LogP contribution in [0, 0.1) is 12.3 Å². The largest absolute Gasteiger partial charge is 0.472 e. The molecule has 0 amide bonds. The van der Waals surface area contributed by atoms with Crippen molar-refractivity contribution in [3.63, 3.8) is 0 Å². The molecule has 114 valence electrons. The van der Waals surface area contributed by atoms with Crippen molar-refractivity contribution in [1.29, 1.82) is 0 Å². The molecule has 0 atom stereocenters. The Bertz CT molecular complexity index is 708. The number of pyridine rings is 1. The van der Waals surface area contributed by atoms with Crippen molar-refractivity contribution < 1.29 is 19.4 Å². The summed E-state index contributed by atoms with van der Waals surface area (Å²) in [6, 6.07) is 5.58. The Hall–Kier alpha value is -2.73. The molecular weight excluding hydrogens is 356 g/mol. The monoisotopic (exact) mass is 366 g/mol. The van der Waals surface area contributed by atoms with Gasteiger partial charge in [-0.3, -0.25) is 0 Å². The van der Waals surface area contributed by atoms with Gasteiger partial charge in [-0.15, -0.1) is 11.5 Å². The molecule has 2 aromatic rings. The molecule has 0 aliphatic carbocycles. The highest BCUT2D eigenvalue weighted by atomic mass is 79.9. The van der Waals surface area contributed by atoms with Crippen molar-refractivity contribution in [1.82, 2.24) is 20.0 Å². The molecule has 0 unspecified atom stereocenters. The van der Waals surface area contributed by atoms with Gasteiger partial charge in [0.25, 0.3) is 0 Å². The Morgan fingerprint density at radius 2 is 2.18 bits per heavy atom. The second-order valence-electron chi connectivity index (χ2n) is 3.69. The molecule has 0 aromatic carbocycles. The minimum Gasteiger partial charge on any atom is -0.472 e. The van der Waals surface area contributed by atoms with Crippen LogP contribution in [0.1, 0.15) is 16.2 Å². The fourth-order valence-electron chi connectivity index (χ4n) is 1.28. The number of methoxy groups -OCH3 is 1. The van der Waals surface area contributed by atoms with Gasteiger partial charge in [0.05, 0.1) is 25.5 Å². The zero-order chi connectivity index (χ0) is 16.5. The van der Waals surface area contributed by atoms with Crippen LogP contribution in [0.25, 0.3) is 0 Å². The van der Waals surface area contributed by atoms with E-state index in [4.69, 9.17) is 9.90 Å². The quantitative estimate of drug-likeness (QED) is 0.489. The average Bonchev–Trinajstić information content (AvgIpc) is 2.95. The number of carbonyl (C=O) groups excluding carboxylic acids is 1. The Kier molecular flexibility index (Phi) is 6.72. The van der Waals surface area contributed by atoms with E-state index in [0.717, 1.165) is 10.3 Å². The van der Waals surface area contributed by atoms with Crippen molar-refractivity contribution in [3.8, 4) is 12.3 Å². The summed E-state index contributed by atoms with van der Waals surface area (Å²) in [7, 11) is 1.30. The normalized spacial score (nSPS) is 9.14. The van der Waals surface area contributed by atoms with Gasteiger partial charge in [0.1, 0.15) is 4.60 Å². The lowest BCUT2D eigenvalue weighted by atomic mass is 10.3. The molecule has 0 radical (unpaired) electrons. The highest BCUT2D eigenvalue weighted by Crippen LogP contribution is 2.07. The van der Waals surface area contributed by atoms with Crippen molar-refractivity contribution in [2.24, 2.45) is 0 Å². The third-order valence-corrected chi connectivity index (χ3v) is 2.60. The molecule has 9 heteroatoms. The average molecular weight is 367 g/mol. The first-order valence-electron chi connectivity index (χ1n) is 5.75. The number of aliphatic carboxylic acids is 1. The SMILES string of the molecule is C#CC(=O)O.COC(=O)c1cn(Cc2cccc(Br)n2)nn1. The summed E-state index contributed by atoms with van der Waals surface area (Å²) in [5, 5.41) is 15.0. The van der Waals surface area contributed by atoms with Crippen LogP contribution >= 0.6 is 15.9 Å². The lowest BCUT2D eigenvalue weighted by molar-refractivity contribution is -0.130. The van der Waals surface area contributed by atoms with Crippen molar-refractivity contribution in [3.05, 3.63) is 40.4 Å². The van der Waals surface area contributed by atoms with Crippen molar-refractivity contribution in [2.75, 3.05) is 7.11 Å². The molecule has 0 saturated carbocycles. The van der Waals surface area contributed by atoms with Gasteiger partial charge < -0.3 is 9.84 Å². The fourth-order valence-corrected chi connectivity index (χ4v) is 1.66. The number of carbonyl (C=O) groups is 2. The van der Waals surface area contributed by atoms with Gasteiger partial charge in [-0.25, -0.2) is 19.3 Å². The zero-order valence-electron chi connectivity index (χ0n) is 11.4. The molecule has 1 N–H and O–H groups in total. The summed E-state index contributed by atoms with van der Waals surface area (Å²) in [4.78, 5) is 24.6. The third kappa shape index (κ3) is 5.72. The van der Waals surface area contributed by atoms with Gasteiger partial charge in [-0.2, -0.15) is 0 Å². The molecule has 0 bridgehead atoms. The van der Waals surface area contributed by atoms with Gasteiger partial charge in [-0.1, -0.05) is 11.3 Å². The van der Waals surface area contributed by atoms with Crippen molar-refractivity contribution in [2.45, 2.75) is 6.54 Å². The molecule has 0 aliphatic rings. The van der Waals surface area contributed by atoms with E-state index < -0.39 is 11.9 Å². The minimum absolute atomic E-state index is 0.183. The summed E-state index contributed by atoms with van der Waals surface area (Å²) >= 11 is 3.28. The Labute approximate surface area is 134 Å². The van der Waals surface area contributed by atoms with E-state index in [1.165, 1.54) is 23.9 Å². The predicted octanol–water partition coefficient (Wildman–Crippen LogP) is 0.975. The number of hydrogen-bond donors (Lipinski definition) is 1. The van der Waals surface area contributed by atoms with Crippen LogP contribution in [-0.2, 0) is 16.1 Å². The minimum atomic E-state index is -1.22. The van der Waals surface area contributed by atoms with Crippen LogP contribution in [-0.4, -0.2) is 44.1 Å². The molecule has 0 spiro atoms. The van der Waals surface area contributed by atoms with Crippen LogP contribution in [0.5, 0.6) is 0 Å². The molecule has 0 aliphatic heterocycles. The lowest BCUT2D eigenvalue weighted by Gasteiger charge is -1.99. The number of aromatic nitrogens is 4. The molecule has 8 nitrogen and oxygen atoms in total. The topological polar surface area (TPSA) is 107 Å². The molecule has 22 heavy (non-hydrogen) atoms. The van der Waals surface area contributed by atoms with E-state index in [-0.39, 0.29) is 5.69 Å². The number of halogens is 1. The van der Waals surface area contributed by atoms with Crippen LogP contribution in [0.3, 0.4) is 0 Å². The van der Waals surface area contributed by atoms with E-state index in [1.54, 1.807) is 0 Å². The summed E-state index contributed by atoms with van der Waals surface area (Å²) < 4.78 is 6.82. The second-order valence-corrected chi connectivity index (χ2v) is 4.51. The number of rotatable bonds is 3. The summed E-state index contributed by atoms with van der Waals surface area (Å²) in [5.41, 5.74) is 1.00. The molecule has 2 aromatic heterocycles. The van der Waals surface area contributed by atoms with E-state index in [2.05, 4.69) is 42.4 Å². The Morgan fingerprint density at radius 1 is 1.50 bits per heavy atom. The van der Waals surface area contributed by atoms with Gasteiger partial charge in [0, 0.05) is 5.92 Å². The van der Waals surface area contributed by atoms with Gasteiger partial charge >= 0.3 is 11.9 Å². The van der Waals surface area contributed by atoms with Crippen LogP contribution < -0.4 is 0 Å². The number of esters is 1. The first-order chi connectivity index (χ1) is 10.5. The standard InChI is InChI=1S/C10H9BrN4O2.C3H2O2/c1-17-10(16)8-6-15(14-13-8)5-7-3-2-4-9(11)12-7;1-2-3(4)5/h2-4,6H,5H2,1H3;1H,(H,4,5). The lowest BCUT2D eigenvalue weighted by Crippen LogP contribution is -2.03. The highest BCUT2D eigenvalue weighted by Gasteiger charge is 2.10. The maximum absolute atomic E-state index is 11.2. The Morgan fingerprint density at radius 3 is 2.73 bits per heavy atom. The smallest absolute Gasteiger partial charge is 0.381 e. The first-order valence-corrected chi connectivity index (χ1v) is 6.55. The molecule has 0 fully saturated rings. The number of hydrogen-bond acceptors (Lipinski definition) is 6. The van der Waals surface area contributed by atoms with Gasteiger partial charge in [0.15, 0.2) is 5.69 Å². The van der Waals surface area contributed by atoms with E-state index >= 15 is 0 Å². The van der Waals surface area contributed by atoms with Crippen LogP contribution in [0.2, 0.25) is 0 Å². The summed E-state index contributed by atoms with van der Waals surface area (Å²) in [6.07, 6.45) is 5.84. The number of carboxylic acids is 1. The maximum atomic E-state index is 11.2. The molecule has 0 saturated heterocycles. The van der Waals surface area contributed by atoms with E-state index in [0.29, 0.717) is 6.54 Å². The number of nitrogens with zero attached hydrogens (tertiary/aromatic N) is 4. The second kappa shape index (κ2) is 8.53. The maximum Gasteiger partial charge on any atom is 0.381 e. The predicted molar refractivity (Wildman–Crippen MR) is 78.9 cm³/mol. The first kappa shape index (κ1) is 17.3. The summed E-state index contributed by atoms with van der Waals surface area (Å²) in [6.45, 7) is 0.448. The number of ether oxygens (including phenoxy) is 1. The van der Waals surface area contributed by atoms with E-state index in [1.807, 2.05) is 18.2 Å². The zero-order valence-corrected chi connectivity index (χ0v) is 13.0. The van der Waals surface area contributed by atoms with Gasteiger partial charge in [0.2, 0.25) is 0 Å². The number of carboxylic acid groups (broad SMARTS) is 1. The molecule has 2 heterocycles. The van der Waals surface area contributed by atoms with Gasteiger partial charge in [-0.05, 0) is 28.1 Å². The Balaban J connectivity index is 0.000000422. The highest BCUT2D eigenvalue weighted by molar-refractivity contribution is 9.10. The third-order valence-electron chi connectivity index (χ3n) is 2.15. The van der Waals surface area contributed by atoms with Crippen molar-refractivity contribution >= 4 is 27.9 Å².